The van der Waals surface area contributed by atoms with E-state index in [1.54, 1.807) is 31.0 Å². The van der Waals surface area contributed by atoms with Crippen molar-refractivity contribution in [1.29, 1.82) is 0 Å². The van der Waals surface area contributed by atoms with Gasteiger partial charge >= 0.3 is 0 Å². The van der Waals surface area contributed by atoms with Gasteiger partial charge in [-0.3, -0.25) is 4.79 Å². The van der Waals surface area contributed by atoms with E-state index in [0.717, 1.165) is 23.8 Å². The fraction of sp³-hybridized carbons (Fsp3) is 0.611. The van der Waals surface area contributed by atoms with Crippen LogP contribution in [-0.2, 0) is 17.8 Å². The Balaban J connectivity index is 1.50. The first-order chi connectivity index (χ1) is 12.7. The van der Waals surface area contributed by atoms with Crippen molar-refractivity contribution in [2.45, 2.75) is 56.3 Å². The van der Waals surface area contributed by atoms with Gasteiger partial charge in [0.05, 0.1) is 0 Å². The number of carbonyl (C=O) groups is 1. The monoisotopic (exact) mass is 378 g/mol. The number of amides is 1. The molecule has 8 heteroatoms. The number of nitrogens with one attached hydrogen (secondary N) is 1. The predicted octanol–water partition coefficient (Wildman–Crippen LogP) is 3.22. The van der Waals surface area contributed by atoms with Gasteiger partial charge in [0, 0.05) is 26.1 Å². The van der Waals surface area contributed by atoms with E-state index in [1.165, 1.54) is 25.7 Å². The van der Waals surface area contributed by atoms with Gasteiger partial charge in [0.1, 0.15) is 18.2 Å². The highest BCUT2D eigenvalue weighted by Crippen LogP contribution is 2.33. The molecule has 0 unspecified atom stereocenters. The molecule has 1 aliphatic rings. The lowest BCUT2D eigenvalue weighted by atomic mass is 10.2. The first kappa shape index (κ1) is 19.0. The summed E-state index contributed by atoms with van der Waals surface area (Å²) < 4.78 is 12.7. The van der Waals surface area contributed by atoms with Gasteiger partial charge in [-0.2, -0.15) is 0 Å². The van der Waals surface area contributed by atoms with Gasteiger partial charge < -0.3 is 19.0 Å². The Hall–Kier alpha value is -1.80. The van der Waals surface area contributed by atoms with Crippen LogP contribution in [0.5, 0.6) is 0 Å². The molecule has 3 rings (SSSR count). The van der Waals surface area contributed by atoms with Crippen LogP contribution in [-0.4, -0.2) is 40.6 Å². The third-order valence-corrected chi connectivity index (χ3v) is 5.29. The van der Waals surface area contributed by atoms with Crippen LogP contribution in [0.15, 0.2) is 21.7 Å². The maximum Gasteiger partial charge on any atom is 0.286 e. The molecule has 0 radical (unpaired) electrons. The summed E-state index contributed by atoms with van der Waals surface area (Å²) in [6.45, 7) is 0.938. The summed E-state index contributed by atoms with van der Waals surface area (Å²) in [5.74, 6) is 1.79. The van der Waals surface area contributed by atoms with E-state index >= 15 is 0 Å². The summed E-state index contributed by atoms with van der Waals surface area (Å²) in [5, 5.41) is 12.6. The van der Waals surface area contributed by atoms with Crippen LogP contribution in [0.3, 0.4) is 0 Å². The first-order valence-corrected chi connectivity index (χ1v) is 10.3. The van der Waals surface area contributed by atoms with Crippen LogP contribution in [0.2, 0.25) is 0 Å². The molecule has 1 saturated carbocycles. The molecule has 26 heavy (non-hydrogen) atoms. The molecule has 1 amide bonds. The van der Waals surface area contributed by atoms with E-state index < -0.39 is 0 Å². The topological polar surface area (TPSA) is 82.2 Å². The second-order valence-corrected chi connectivity index (χ2v) is 7.24. The number of hydrogen-bond donors (Lipinski definition) is 1. The molecule has 2 aromatic rings. The zero-order chi connectivity index (χ0) is 18.4. The molecule has 1 fully saturated rings. The predicted molar refractivity (Wildman–Crippen MR) is 99.4 cm³/mol. The van der Waals surface area contributed by atoms with E-state index in [2.05, 4.69) is 20.1 Å². The molecule has 1 N–H and O–H groups in total. The summed E-state index contributed by atoms with van der Waals surface area (Å²) in [5.41, 5.74) is 0. The molecule has 0 bridgehead atoms. The van der Waals surface area contributed by atoms with Crippen molar-refractivity contribution < 1.29 is 13.9 Å². The Kier molecular flexibility index (Phi) is 6.73. The zero-order valence-corrected chi connectivity index (χ0v) is 16.2. The number of methoxy groups -OCH3 is 1. The zero-order valence-electron chi connectivity index (χ0n) is 15.4. The van der Waals surface area contributed by atoms with Crippen LogP contribution in [0, 0.1) is 0 Å². The summed E-state index contributed by atoms with van der Waals surface area (Å²) in [4.78, 5) is 12.1. The van der Waals surface area contributed by atoms with Crippen molar-refractivity contribution in [2.75, 3.05) is 19.9 Å². The number of furan rings is 1. The number of rotatable bonds is 9. The quantitative estimate of drug-likeness (QED) is 0.533. The van der Waals surface area contributed by atoms with Crippen molar-refractivity contribution in [1.82, 2.24) is 20.1 Å². The lowest BCUT2D eigenvalue weighted by molar-refractivity contribution is 0.0916. The summed E-state index contributed by atoms with van der Waals surface area (Å²) in [6, 6.07) is 3.96. The largest absolute Gasteiger partial charge is 0.453 e. The maximum atomic E-state index is 12.1. The Labute approximate surface area is 157 Å². The van der Waals surface area contributed by atoms with E-state index in [0.29, 0.717) is 30.7 Å². The molecule has 1 aliphatic carbocycles. The van der Waals surface area contributed by atoms with Crippen LogP contribution in [0.25, 0.3) is 0 Å². The third-order valence-electron chi connectivity index (χ3n) is 4.64. The lowest BCUT2D eigenvalue weighted by Crippen LogP contribution is -2.24. The van der Waals surface area contributed by atoms with Crippen molar-refractivity contribution in [3.05, 3.63) is 29.5 Å². The van der Waals surface area contributed by atoms with Gasteiger partial charge in [-0.05, 0) is 37.7 Å². The fourth-order valence-electron chi connectivity index (χ4n) is 3.40. The average molecular weight is 378 g/mol. The highest BCUT2D eigenvalue weighted by Gasteiger charge is 2.23. The number of nitrogens with zero attached hydrogens (tertiary/aromatic N) is 3. The Morgan fingerprint density at radius 3 is 2.92 bits per heavy atom. The second-order valence-electron chi connectivity index (χ2n) is 6.47. The van der Waals surface area contributed by atoms with Gasteiger partial charge in [-0.25, -0.2) is 0 Å². The molecule has 2 heterocycles. The van der Waals surface area contributed by atoms with Crippen LogP contribution in [0.1, 0.15) is 60.3 Å². The smallest absolute Gasteiger partial charge is 0.286 e. The Morgan fingerprint density at radius 2 is 2.19 bits per heavy atom. The molecule has 0 spiro atoms. The third kappa shape index (κ3) is 4.48. The van der Waals surface area contributed by atoms with Gasteiger partial charge in [-0.15, -0.1) is 10.2 Å². The highest BCUT2D eigenvalue weighted by molar-refractivity contribution is 7.98. The summed E-state index contributed by atoms with van der Waals surface area (Å²) in [6.07, 6.45) is 8.63. The number of thioether (sulfide) groups is 1. The van der Waals surface area contributed by atoms with Gasteiger partial charge in [-0.1, -0.05) is 24.6 Å². The van der Waals surface area contributed by atoms with Gasteiger partial charge in [0.15, 0.2) is 10.9 Å². The van der Waals surface area contributed by atoms with Crippen LogP contribution >= 0.6 is 11.8 Å². The number of carbonyl (C=O) groups excluding carboxylic acids is 1. The molecule has 0 saturated heterocycles. The van der Waals surface area contributed by atoms with E-state index in [1.807, 2.05) is 6.26 Å². The lowest BCUT2D eigenvalue weighted by Gasteiger charge is -2.16. The minimum Gasteiger partial charge on any atom is -0.453 e. The maximum absolute atomic E-state index is 12.1. The molecule has 0 aliphatic heterocycles. The van der Waals surface area contributed by atoms with Crippen molar-refractivity contribution in [3.8, 4) is 0 Å². The number of aromatic nitrogens is 3. The SMILES string of the molecule is COCc1ccc(C(=O)NCCCc2nnc(SC)n2C2CCCC2)o1. The highest BCUT2D eigenvalue weighted by atomic mass is 32.2. The average Bonchev–Trinajstić information content (AvgIpc) is 3.38. The minimum absolute atomic E-state index is 0.200. The molecular weight excluding hydrogens is 352 g/mol. The van der Waals surface area contributed by atoms with Crippen molar-refractivity contribution in [3.63, 3.8) is 0 Å². The molecule has 7 nitrogen and oxygen atoms in total. The molecule has 0 aromatic carbocycles. The summed E-state index contributed by atoms with van der Waals surface area (Å²) >= 11 is 1.65. The first-order valence-electron chi connectivity index (χ1n) is 9.06. The molecular formula is C18H26N4O3S. The number of hydrogen-bond acceptors (Lipinski definition) is 6. The van der Waals surface area contributed by atoms with Crippen molar-refractivity contribution in [2.24, 2.45) is 0 Å². The number of aryl methyl sites for hydroxylation is 1. The van der Waals surface area contributed by atoms with E-state index in [9.17, 15) is 4.79 Å². The molecule has 0 atom stereocenters. The van der Waals surface area contributed by atoms with E-state index in [-0.39, 0.29) is 5.91 Å². The standard InChI is InChI=1S/C18H26N4O3S/c1-24-12-14-9-10-15(25-14)17(23)19-11-5-8-16-20-21-18(26-2)22(16)13-6-3-4-7-13/h9-10,13H,3-8,11-12H2,1-2H3,(H,19,23). The fourth-order valence-corrected chi connectivity index (χ4v) is 3.98. The Bertz CT molecular complexity index is 722. The molecule has 2 aromatic heterocycles. The van der Waals surface area contributed by atoms with Gasteiger partial charge in [0.2, 0.25) is 0 Å². The summed E-state index contributed by atoms with van der Waals surface area (Å²) in [7, 11) is 1.59. The minimum atomic E-state index is -0.200. The van der Waals surface area contributed by atoms with Crippen molar-refractivity contribution >= 4 is 17.7 Å². The number of ether oxygens (including phenoxy) is 1. The molecule has 142 valence electrons. The Morgan fingerprint density at radius 1 is 1.38 bits per heavy atom. The second kappa shape index (κ2) is 9.23. The van der Waals surface area contributed by atoms with E-state index in [4.69, 9.17) is 9.15 Å². The normalized spacial score (nSPS) is 14.8. The van der Waals surface area contributed by atoms with Gasteiger partial charge in [0.25, 0.3) is 5.91 Å². The van der Waals surface area contributed by atoms with Crippen LogP contribution < -0.4 is 5.32 Å². The van der Waals surface area contributed by atoms with Crippen LogP contribution in [0.4, 0.5) is 0 Å².